The second-order valence-electron chi connectivity index (χ2n) is 17.4. The summed E-state index contributed by atoms with van der Waals surface area (Å²) in [5.74, 6) is 0.116. The lowest BCUT2D eigenvalue weighted by molar-refractivity contribution is 0.0886. The first-order chi connectivity index (χ1) is 23.8. The van der Waals surface area contributed by atoms with Gasteiger partial charge in [-0.05, 0) is 60.6 Å². The highest BCUT2D eigenvalue weighted by Gasteiger charge is 2.40. The van der Waals surface area contributed by atoms with Crippen LogP contribution in [0.5, 0.6) is 6.01 Å². The smallest absolute Gasteiger partial charge is 0.319 e. The SMILES string of the molecule is CC(C)(C)[Si](C)(C)OCCC(CO[Si](C)(C)C(C)(C)C)Oc1nc(N2CC3CCC(C2)N3)c2cnc(-c3cccc4cccc(Cl)c34)c(F)c2n1. The molecule has 6 rings (SSSR count). The maximum Gasteiger partial charge on any atom is 0.319 e. The molecule has 2 bridgehead atoms. The Balaban J connectivity index is 1.41. The Morgan fingerprint density at radius 3 is 2.20 bits per heavy atom. The zero-order valence-electron chi connectivity index (χ0n) is 32.0. The molecule has 0 aliphatic carbocycles. The number of rotatable bonds is 11. The van der Waals surface area contributed by atoms with E-state index in [1.807, 2.05) is 36.4 Å². The quantitative estimate of drug-likeness (QED) is 0.152. The minimum atomic E-state index is -2.11. The third-order valence-corrected chi connectivity index (χ3v) is 21.0. The number of fused-ring (bicyclic) bond motifs is 4. The summed E-state index contributed by atoms with van der Waals surface area (Å²) in [5, 5.41) is 6.57. The van der Waals surface area contributed by atoms with Crippen molar-refractivity contribution in [3.8, 4) is 17.3 Å². The van der Waals surface area contributed by atoms with Crippen LogP contribution in [0.3, 0.4) is 0 Å². The molecule has 3 unspecified atom stereocenters. The summed E-state index contributed by atoms with van der Waals surface area (Å²) in [6, 6.07) is 12.2. The van der Waals surface area contributed by atoms with E-state index in [0.29, 0.717) is 53.5 Å². The first kappa shape index (κ1) is 38.1. The van der Waals surface area contributed by atoms with Crippen LogP contribution in [0.15, 0.2) is 42.6 Å². The summed E-state index contributed by atoms with van der Waals surface area (Å²) in [4.78, 5) is 16.8. The van der Waals surface area contributed by atoms with Gasteiger partial charge in [0.2, 0.25) is 0 Å². The standard InChI is InChI=1S/C39H55ClFN5O3Si2/c1-38(2,3)50(7,8)47-20-19-28(24-48-51(9,10)39(4,5)6)49-37-44-35-30(36(45-37)46-22-26-17-18-27(23-46)43-26)21-42-34(33(35)41)29-15-11-13-25-14-12-16-31(40)32(25)29/h11-16,21,26-28,43H,17-20,22-24H2,1-10H3. The van der Waals surface area contributed by atoms with Gasteiger partial charge in [-0.3, -0.25) is 4.98 Å². The van der Waals surface area contributed by atoms with Crippen LogP contribution in [0.25, 0.3) is 32.9 Å². The van der Waals surface area contributed by atoms with E-state index in [9.17, 15) is 0 Å². The topological polar surface area (TPSA) is 81.6 Å². The number of nitrogens with one attached hydrogen (secondary N) is 1. The molecule has 4 heterocycles. The van der Waals surface area contributed by atoms with Gasteiger partial charge in [0.1, 0.15) is 23.1 Å². The first-order valence-electron chi connectivity index (χ1n) is 18.3. The van der Waals surface area contributed by atoms with Crippen molar-refractivity contribution in [3.05, 3.63) is 53.4 Å². The number of hydrogen-bond donors (Lipinski definition) is 1. The maximum absolute atomic E-state index is 17.0. The van der Waals surface area contributed by atoms with Gasteiger partial charge in [-0.1, -0.05) is 83.5 Å². The molecule has 2 aromatic carbocycles. The molecular formula is C39H55ClFN5O3Si2. The number of pyridine rings is 1. The Morgan fingerprint density at radius 2 is 1.55 bits per heavy atom. The second-order valence-corrected chi connectivity index (χ2v) is 27.4. The Labute approximate surface area is 310 Å². The molecule has 8 nitrogen and oxygen atoms in total. The average molecular weight is 753 g/mol. The summed E-state index contributed by atoms with van der Waals surface area (Å²) in [5.41, 5.74) is 0.984. The molecule has 2 fully saturated rings. The van der Waals surface area contributed by atoms with Crippen LogP contribution in [-0.2, 0) is 8.85 Å². The fourth-order valence-electron chi connectivity index (χ4n) is 6.47. The number of benzene rings is 2. The lowest BCUT2D eigenvalue weighted by Gasteiger charge is -2.38. The summed E-state index contributed by atoms with van der Waals surface area (Å²) in [7, 11) is -4.10. The van der Waals surface area contributed by atoms with E-state index in [-0.39, 0.29) is 27.3 Å². The van der Waals surface area contributed by atoms with Gasteiger partial charge in [0.25, 0.3) is 0 Å². The predicted octanol–water partition coefficient (Wildman–Crippen LogP) is 9.76. The maximum atomic E-state index is 17.0. The highest BCUT2D eigenvalue weighted by atomic mass is 35.5. The van der Waals surface area contributed by atoms with E-state index in [2.05, 4.69) is 77.9 Å². The number of nitrogens with zero attached hydrogens (tertiary/aromatic N) is 4. The molecule has 0 saturated carbocycles. The molecule has 51 heavy (non-hydrogen) atoms. The minimum absolute atomic E-state index is 0.0283. The molecule has 3 atom stereocenters. The van der Waals surface area contributed by atoms with Crippen molar-refractivity contribution in [3.63, 3.8) is 0 Å². The lowest BCUT2D eigenvalue weighted by Crippen LogP contribution is -2.51. The molecule has 12 heteroatoms. The summed E-state index contributed by atoms with van der Waals surface area (Å²) >= 11 is 6.68. The van der Waals surface area contributed by atoms with Gasteiger partial charge in [-0.25, -0.2) is 4.39 Å². The minimum Gasteiger partial charge on any atom is -0.458 e. The van der Waals surface area contributed by atoms with Crippen molar-refractivity contribution in [2.45, 2.75) is 115 Å². The largest absolute Gasteiger partial charge is 0.458 e. The zero-order valence-corrected chi connectivity index (χ0v) is 34.7. The summed E-state index contributed by atoms with van der Waals surface area (Å²) < 4.78 is 37.0. The number of piperazine rings is 1. The number of hydrogen-bond acceptors (Lipinski definition) is 8. The highest BCUT2D eigenvalue weighted by Crippen LogP contribution is 2.40. The first-order valence-corrected chi connectivity index (χ1v) is 24.5. The van der Waals surface area contributed by atoms with E-state index in [1.54, 1.807) is 6.20 Å². The molecule has 0 spiro atoms. The van der Waals surface area contributed by atoms with E-state index in [1.165, 1.54) is 0 Å². The molecule has 2 aliphatic rings. The third-order valence-electron chi connectivity index (χ3n) is 11.7. The fourth-order valence-corrected chi connectivity index (χ4v) is 8.85. The van der Waals surface area contributed by atoms with E-state index in [4.69, 9.17) is 40.1 Å². The van der Waals surface area contributed by atoms with Crippen molar-refractivity contribution in [2.24, 2.45) is 0 Å². The van der Waals surface area contributed by atoms with E-state index >= 15 is 4.39 Å². The highest BCUT2D eigenvalue weighted by molar-refractivity contribution is 6.74. The monoisotopic (exact) mass is 751 g/mol. The third kappa shape index (κ3) is 7.99. The van der Waals surface area contributed by atoms with Crippen molar-refractivity contribution in [1.29, 1.82) is 0 Å². The Kier molecular flexibility index (Phi) is 10.7. The van der Waals surface area contributed by atoms with Crippen LogP contribution >= 0.6 is 11.6 Å². The molecule has 4 aromatic rings. The van der Waals surface area contributed by atoms with Crippen molar-refractivity contribution < 1.29 is 18.0 Å². The number of ether oxygens (including phenoxy) is 1. The lowest BCUT2D eigenvalue weighted by atomic mass is 10.0. The molecule has 2 aromatic heterocycles. The molecule has 0 amide bonds. The van der Waals surface area contributed by atoms with Gasteiger partial charge in [0.05, 0.1) is 12.0 Å². The van der Waals surface area contributed by atoms with Gasteiger partial charge in [-0.2, -0.15) is 9.97 Å². The van der Waals surface area contributed by atoms with Crippen LogP contribution in [0, 0.1) is 5.82 Å². The van der Waals surface area contributed by atoms with Crippen LogP contribution in [0.1, 0.15) is 60.8 Å². The fraction of sp³-hybridized carbons (Fsp3) is 0.564. The Bertz CT molecular complexity index is 1880. The van der Waals surface area contributed by atoms with Gasteiger partial charge < -0.3 is 23.8 Å². The van der Waals surface area contributed by atoms with Gasteiger partial charge in [0.15, 0.2) is 22.5 Å². The van der Waals surface area contributed by atoms with Crippen LogP contribution < -0.4 is 15.0 Å². The molecule has 1 N–H and O–H groups in total. The van der Waals surface area contributed by atoms with Crippen LogP contribution in [0.4, 0.5) is 10.2 Å². The number of aromatic nitrogens is 3. The van der Waals surface area contributed by atoms with Crippen molar-refractivity contribution >= 4 is 55.7 Å². The van der Waals surface area contributed by atoms with Gasteiger partial charge in [0, 0.05) is 60.4 Å². The van der Waals surface area contributed by atoms with Gasteiger partial charge >= 0.3 is 6.01 Å². The summed E-state index contributed by atoms with van der Waals surface area (Å²) in [6.45, 7) is 24.8. The molecule has 276 valence electrons. The Hall–Kier alpha value is -2.68. The van der Waals surface area contributed by atoms with Crippen molar-refractivity contribution in [1.82, 2.24) is 20.3 Å². The molecule has 2 saturated heterocycles. The number of halogens is 2. The molecular weight excluding hydrogens is 697 g/mol. The number of anilines is 1. The van der Waals surface area contributed by atoms with Crippen LogP contribution in [0.2, 0.25) is 41.3 Å². The normalized spacial score (nSPS) is 19.3. The predicted molar refractivity (Wildman–Crippen MR) is 213 cm³/mol. The van der Waals surface area contributed by atoms with Crippen LogP contribution in [-0.4, -0.2) is 76.1 Å². The van der Waals surface area contributed by atoms with E-state index < -0.39 is 28.6 Å². The van der Waals surface area contributed by atoms with Gasteiger partial charge in [-0.15, -0.1) is 0 Å². The van der Waals surface area contributed by atoms with E-state index in [0.717, 1.165) is 36.7 Å². The zero-order chi connectivity index (χ0) is 36.9. The molecule has 2 aliphatic heterocycles. The van der Waals surface area contributed by atoms with Crippen molar-refractivity contribution in [2.75, 3.05) is 31.2 Å². The summed E-state index contributed by atoms with van der Waals surface area (Å²) in [6.07, 6.45) is 4.11. The molecule has 0 radical (unpaired) electrons. The second kappa shape index (κ2) is 14.3. The average Bonchev–Trinajstić information content (AvgIpc) is 3.39. The Morgan fingerprint density at radius 1 is 0.922 bits per heavy atom.